The van der Waals surface area contributed by atoms with Crippen LogP contribution in [0.25, 0.3) is 0 Å². The third-order valence-electron chi connectivity index (χ3n) is 2.44. The van der Waals surface area contributed by atoms with Crippen LogP contribution in [0.2, 0.25) is 0 Å². The molecule has 0 fully saturated rings. The quantitative estimate of drug-likeness (QED) is 0.597. The maximum atomic E-state index is 5.76. The van der Waals surface area contributed by atoms with Crippen molar-refractivity contribution in [1.82, 2.24) is 0 Å². The summed E-state index contributed by atoms with van der Waals surface area (Å²) in [5.74, 6) is 0. The maximum Gasteiger partial charge on any atom is 0.0802 e. The normalized spacial score (nSPS) is 32.4. The smallest absolute Gasteiger partial charge is 0.0802 e. The SMILES string of the molecule is CC1=CCCC1(C)/C=C(/Cl)Br. The van der Waals surface area contributed by atoms with Crippen LogP contribution in [0, 0.1) is 5.41 Å². The van der Waals surface area contributed by atoms with Gasteiger partial charge in [0.15, 0.2) is 0 Å². The molecule has 0 N–H and O–H groups in total. The van der Waals surface area contributed by atoms with E-state index in [0.29, 0.717) is 0 Å². The molecule has 0 saturated carbocycles. The first-order valence-corrected chi connectivity index (χ1v) is 4.93. The third-order valence-corrected chi connectivity index (χ3v) is 2.78. The van der Waals surface area contributed by atoms with Crippen molar-refractivity contribution in [2.75, 3.05) is 0 Å². The second kappa shape index (κ2) is 3.32. The third kappa shape index (κ3) is 2.09. The van der Waals surface area contributed by atoms with Gasteiger partial charge in [-0.1, -0.05) is 30.2 Å². The Morgan fingerprint density at radius 2 is 2.45 bits per heavy atom. The first-order valence-electron chi connectivity index (χ1n) is 3.76. The highest BCUT2D eigenvalue weighted by Gasteiger charge is 2.27. The molecule has 1 atom stereocenters. The van der Waals surface area contributed by atoms with Gasteiger partial charge in [-0.25, -0.2) is 0 Å². The maximum absolute atomic E-state index is 5.76. The van der Waals surface area contributed by atoms with E-state index in [-0.39, 0.29) is 5.41 Å². The van der Waals surface area contributed by atoms with Gasteiger partial charge < -0.3 is 0 Å². The summed E-state index contributed by atoms with van der Waals surface area (Å²) in [5.41, 5.74) is 1.62. The summed E-state index contributed by atoms with van der Waals surface area (Å²) in [4.78, 5) is 0. The average molecular weight is 236 g/mol. The summed E-state index contributed by atoms with van der Waals surface area (Å²) in [6.07, 6.45) is 6.72. The molecule has 1 unspecified atom stereocenters. The monoisotopic (exact) mass is 234 g/mol. The van der Waals surface area contributed by atoms with Gasteiger partial charge in [0.2, 0.25) is 0 Å². The van der Waals surface area contributed by atoms with Gasteiger partial charge in [-0.05, 0) is 41.8 Å². The molecular weight excluding hydrogens is 223 g/mol. The van der Waals surface area contributed by atoms with Crippen molar-refractivity contribution in [3.63, 3.8) is 0 Å². The summed E-state index contributed by atoms with van der Waals surface area (Å²) in [6.45, 7) is 4.38. The van der Waals surface area contributed by atoms with Gasteiger partial charge in [-0.2, -0.15) is 0 Å². The minimum atomic E-state index is 0.195. The molecule has 1 rings (SSSR count). The lowest BCUT2D eigenvalue weighted by molar-refractivity contribution is 0.509. The minimum absolute atomic E-state index is 0.195. The van der Waals surface area contributed by atoms with E-state index in [1.807, 2.05) is 0 Å². The van der Waals surface area contributed by atoms with Crippen LogP contribution in [0.3, 0.4) is 0 Å². The second-order valence-corrected chi connectivity index (χ2v) is 5.00. The van der Waals surface area contributed by atoms with Crippen molar-refractivity contribution in [2.24, 2.45) is 5.41 Å². The van der Waals surface area contributed by atoms with Crippen molar-refractivity contribution >= 4 is 27.5 Å². The van der Waals surface area contributed by atoms with E-state index in [1.54, 1.807) is 0 Å². The first-order chi connectivity index (χ1) is 5.04. The van der Waals surface area contributed by atoms with E-state index in [4.69, 9.17) is 11.6 Å². The van der Waals surface area contributed by atoms with E-state index in [9.17, 15) is 0 Å². The van der Waals surface area contributed by atoms with Gasteiger partial charge in [-0.3, -0.25) is 0 Å². The van der Waals surface area contributed by atoms with Crippen molar-refractivity contribution in [1.29, 1.82) is 0 Å². The van der Waals surface area contributed by atoms with E-state index in [1.165, 1.54) is 18.4 Å². The highest BCUT2D eigenvalue weighted by atomic mass is 79.9. The van der Waals surface area contributed by atoms with Crippen LogP contribution in [0.1, 0.15) is 26.7 Å². The Hall–Kier alpha value is 0.250. The predicted molar refractivity (Wildman–Crippen MR) is 54.0 cm³/mol. The van der Waals surface area contributed by atoms with Crippen LogP contribution in [0.5, 0.6) is 0 Å². The van der Waals surface area contributed by atoms with Gasteiger partial charge >= 0.3 is 0 Å². The van der Waals surface area contributed by atoms with Crippen LogP contribution < -0.4 is 0 Å². The topological polar surface area (TPSA) is 0 Å². The Morgan fingerprint density at radius 3 is 2.82 bits per heavy atom. The molecule has 11 heavy (non-hydrogen) atoms. The van der Waals surface area contributed by atoms with Crippen LogP contribution in [-0.4, -0.2) is 0 Å². The van der Waals surface area contributed by atoms with Gasteiger partial charge in [0.1, 0.15) is 0 Å². The van der Waals surface area contributed by atoms with E-state index < -0.39 is 0 Å². The summed E-state index contributed by atoms with van der Waals surface area (Å²) >= 11 is 9.01. The largest absolute Gasteiger partial charge is 0.0847 e. The zero-order valence-electron chi connectivity index (χ0n) is 6.82. The Balaban J connectivity index is 2.84. The average Bonchev–Trinajstić information content (AvgIpc) is 2.11. The van der Waals surface area contributed by atoms with Crippen molar-refractivity contribution in [3.8, 4) is 0 Å². The highest BCUT2D eigenvalue weighted by molar-refractivity contribution is 9.12. The van der Waals surface area contributed by atoms with Crippen LogP contribution >= 0.6 is 27.5 Å². The minimum Gasteiger partial charge on any atom is -0.0847 e. The van der Waals surface area contributed by atoms with E-state index in [0.717, 1.165) is 3.94 Å². The van der Waals surface area contributed by atoms with Crippen LogP contribution in [0.4, 0.5) is 0 Å². The number of hydrogen-bond donors (Lipinski definition) is 0. The number of hydrogen-bond acceptors (Lipinski definition) is 0. The molecule has 2 heteroatoms. The molecule has 1 aliphatic carbocycles. The summed E-state index contributed by atoms with van der Waals surface area (Å²) in [6, 6.07) is 0. The number of rotatable bonds is 1. The summed E-state index contributed by atoms with van der Waals surface area (Å²) in [7, 11) is 0. The molecule has 0 aromatic rings. The van der Waals surface area contributed by atoms with Gasteiger partial charge in [0.25, 0.3) is 0 Å². The zero-order valence-corrected chi connectivity index (χ0v) is 9.17. The predicted octanol–water partition coefficient (Wildman–Crippen LogP) is 4.21. The number of halogens is 2. The second-order valence-electron chi connectivity index (χ2n) is 3.28. The fourth-order valence-corrected chi connectivity index (χ4v) is 2.19. The zero-order chi connectivity index (χ0) is 8.48. The molecule has 0 amide bonds. The molecule has 0 bridgehead atoms. The molecule has 1 aliphatic rings. The van der Waals surface area contributed by atoms with Crippen LogP contribution in [0.15, 0.2) is 21.7 Å². The van der Waals surface area contributed by atoms with Crippen LogP contribution in [-0.2, 0) is 0 Å². The summed E-state index contributed by atoms with van der Waals surface area (Å²) in [5, 5.41) is 0. The molecule has 0 spiro atoms. The fourth-order valence-electron chi connectivity index (χ4n) is 1.45. The Bertz CT molecular complexity index is 214. The molecule has 0 aliphatic heterocycles. The molecule has 62 valence electrons. The first kappa shape index (κ1) is 9.34. The lowest BCUT2D eigenvalue weighted by Crippen LogP contribution is -2.09. The lowest BCUT2D eigenvalue weighted by Gasteiger charge is -2.21. The van der Waals surface area contributed by atoms with Gasteiger partial charge in [0.05, 0.1) is 3.94 Å². The lowest BCUT2D eigenvalue weighted by atomic mass is 9.84. The number of allylic oxidation sites excluding steroid dienone is 3. The summed E-state index contributed by atoms with van der Waals surface area (Å²) < 4.78 is 0.717. The molecule has 0 aromatic carbocycles. The molecule has 0 heterocycles. The van der Waals surface area contributed by atoms with Gasteiger partial charge in [-0.15, -0.1) is 0 Å². The van der Waals surface area contributed by atoms with E-state index in [2.05, 4.69) is 41.9 Å². The fraction of sp³-hybridized carbons (Fsp3) is 0.556. The molecule has 0 saturated heterocycles. The molecule has 0 nitrogen and oxygen atoms in total. The molecule has 0 aromatic heterocycles. The van der Waals surface area contributed by atoms with E-state index >= 15 is 0 Å². The van der Waals surface area contributed by atoms with Crippen molar-refractivity contribution in [3.05, 3.63) is 21.7 Å². The highest BCUT2D eigenvalue weighted by Crippen LogP contribution is 2.41. The standard InChI is InChI=1S/C9H12BrCl/c1-7-4-3-5-9(7,2)6-8(10)11/h4,6H,3,5H2,1-2H3/b8-6+. The van der Waals surface area contributed by atoms with Crippen molar-refractivity contribution in [2.45, 2.75) is 26.7 Å². The molecule has 0 radical (unpaired) electrons. The van der Waals surface area contributed by atoms with Crippen molar-refractivity contribution < 1.29 is 0 Å². The van der Waals surface area contributed by atoms with Gasteiger partial charge in [0, 0.05) is 5.41 Å². The Kier molecular flexibility index (Phi) is 2.82. The molecular formula is C9H12BrCl. The Labute approximate surface area is 81.4 Å². The Morgan fingerprint density at radius 1 is 1.82 bits per heavy atom.